The Balaban J connectivity index is 0.000000751. The maximum atomic E-state index is 15.2. The van der Waals surface area contributed by atoms with Gasteiger partial charge in [-0.05, 0) is 62.6 Å². The van der Waals surface area contributed by atoms with E-state index in [1.807, 2.05) is 25.1 Å². The fourth-order valence-corrected chi connectivity index (χ4v) is 6.95. The van der Waals surface area contributed by atoms with Crippen LogP contribution in [0.2, 0.25) is 0 Å². The minimum absolute atomic E-state index is 0.126. The van der Waals surface area contributed by atoms with Crippen molar-refractivity contribution in [1.29, 1.82) is 0 Å². The minimum Gasteiger partial charge on any atom is -0.744 e. The highest BCUT2D eigenvalue weighted by molar-refractivity contribution is 7.85. The summed E-state index contributed by atoms with van der Waals surface area (Å²) in [6.45, 7) is 11.5. The molecule has 0 saturated carbocycles. The van der Waals surface area contributed by atoms with Crippen molar-refractivity contribution in [1.82, 2.24) is 0 Å². The van der Waals surface area contributed by atoms with Gasteiger partial charge in [0.25, 0.3) is 0 Å². The van der Waals surface area contributed by atoms with Crippen LogP contribution >= 0.6 is 0 Å². The highest BCUT2D eigenvalue weighted by Crippen LogP contribution is 2.23. The maximum Gasteiger partial charge on any atom is 0.169 e. The number of nitrogens with zero attached hydrogens (tertiary/aromatic N) is 2. The lowest BCUT2D eigenvalue weighted by molar-refractivity contribution is -0.693. The number of aryl methyl sites for hydroxylation is 2. The Morgan fingerprint density at radius 1 is 0.623 bits per heavy atom. The fraction of sp³-hybridized carbons (Fsp3) is 0.587. The summed E-state index contributed by atoms with van der Waals surface area (Å²) in [5.74, 6) is -0.126. The molecular weight excluding hydrogens is 680 g/mol. The summed E-state index contributed by atoms with van der Waals surface area (Å²) in [5, 5.41) is 0. The standard InChI is InChI=1S/C39H64FN2.C7H8O3S/c1-4-7-9-11-13-15-17-19-21-23-31-42(32-24-22-20-18-16-14-12-10-8-5-2)38-28-27-37(39(40)35-38)26-25-36-29-33-41(6-3)34-30-36;1-6-2-4-7(5-3-6)11(8,9)10/h25-30,33-35H,4-24,31-32H2,1-3H3;2-5H,1H3,(H,8,9,10)/q+1;/p-1. The Kier molecular flexibility index (Phi) is 24.7. The van der Waals surface area contributed by atoms with E-state index in [0.29, 0.717) is 5.56 Å². The number of hydrogen-bond acceptors (Lipinski definition) is 4. The van der Waals surface area contributed by atoms with Crippen LogP contribution in [0.5, 0.6) is 0 Å². The third-order valence-electron chi connectivity index (χ3n) is 9.96. The molecule has 3 rings (SSSR count). The number of rotatable bonds is 27. The Bertz CT molecular complexity index is 1470. The Morgan fingerprint density at radius 3 is 1.49 bits per heavy atom. The van der Waals surface area contributed by atoms with Crippen LogP contribution in [0.25, 0.3) is 12.2 Å². The van der Waals surface area contributed by atoms with Crippen molar-refractivity contribution >= 4 is 28.0 Å². The zero-order valence-electron chi connectivity index (χ0n) is 33.7. The monoisotopic (exact) mass is 751 g/mol. The maximum absolute atomic E-state index is 15.2. The first-order valence-corrected chi connectivity index (χ1v) is 22.3. The smallest absolute Gasteiger partial charge is 0.169 e. The van der Waals surface area contributed by atoms with Crippen molar-refractivity contribution in [3.05, 3.63) is 89.5 Å². The summed E-state index contributed by atoms with van der Waals surface area (Å²) in [6, 6.07) is 15.8. The van der Waals surface area contributed by atoms with Gasteiger partial charge in [-0.25, -0.2) is 17.4 Å². The van der Waals surface area contributed by atoms with Crippen LogP contribution in [0.4, 0.5) is 10.1 Å². The predicted molar refractivity (Wildman–Crippen MR) is 223 cm³/mol. The summed E-state index contributed by atoms with van der Waals surface area (Å²) in [4.78, 5) is 2.27. The van der Waals surface area contributed by atoms with E-state index in [2.05, 4.69) is 60.8 Å². The van der Waals surface area contributed by atoms with Crippen molar-refractivity contribution in [3.8, 4) is 0 Å². The molecule has 296 valence electrons. The van der Waals surface area contributed by atoms with Crippen LogP contribution in [0.3, 0.4) is 0 Å². The summed E-state index contributed by atoms with van der Waals surface area (Å²) in [5.41, 5.74) is 3.72. The van der Waals surface area contributed by atoms with Gasteiger partial charge in [0.15, 0.2) is 12.4 Å². The average molecular weight is 751 g/mol. The van der Waals surface area contributed by atoms with Crippen molar-refractivity contribution in [2.45, 2.75) is 168 Å². The summed E-state index contributed by atoms with van der Waals surface area (Å²) in [6.07, 6.45) is 35.0. The fourth-order valence-electron chi connectivity index (χ4n) is 6.48. The van der Waals surface area contributed by atoms with Gasteiger partial charge in [0.1, 0.15) is 22.5 Å². The molecule has 1 heterocycles. The van der Waals surface area contributed by atoms with E-state index in [9.17, 15) is 13.0 Å². The van der Waals surface area contributed by atoms with Gasteiger partial charge < -0.3 is 9.45 Å². The molecule has 7 heteroatoms. The first-order valence-electron chi connectivity index (χ1n) is 20.9. The Labute approximate surface area is 323 Å². The van der Waals surface area contributed by atoms with Gasteiger partial charge in [0.2, 0.25) is 0 Å². The van der Waals surface area contributed by atoms with Gasteiger partial charge >= 0.3 is 0 Å². The predicted octanol–water partition coefficient (Wildman–Crippen LogP) is 12.9. The number of unbranched alkanes of at least 4 members (excludes halogenated alkanes) is 18. The molecule has 53 heavy (non-hydrogen) atoms. The molecule has 0 atom stereocenters. The number of pyridine rings is 1. The van der Waals surface area contributed by atoms with E-state index in [4.69, 9.17) is 0 Å². The van der Waals surface area contributed by atoms with E-state index in [-0.39, 0.29) is 10.7 Å². The molecule has 0 N–H and O–H groups in total. The zero-order valence-corrected chi connectivity index (χ0v) is 34.5. The van der Waals surface area contributed by atoms with Crippen LogP contribution in [-0.4, -0.2) is 26.1 Å². The van der Waals surface area contributed by atoms with Gasteiger partial charge in [-0.2, -0.15) is 0 Å². The second kappa shape index (κ2) is 28.4. The normalized spacial score (nSPS) is 11.5. The van der Waals surface area contributed by atoms with Gasteiger partial charge in [0, 0.05) is 36.5 Å². The third kappa shape index (κ3) is 21.4. The molecule has 1 aromatic heterocycles. The number of aromatic nitrogens is 1. The Morgan fingerprint density at radius 2 is 1.08 bits per heavy atom. The molecule has 0 aliphatic rings. The molecule has 0 amide bonds. The quantitative estimate of drug-likeness (QED) is 0.0442. The minimum atomic E-state index is -4.27. The lowest BCUT2D eigenvalue weighted by atomic mass is 10.1. The summed E-state index contributed by atoms with van der Waals surface area (Å²) < 4.78 is 48.5. The molecule has 0 aliphatic carbocycles. The van der Waals surface area contributed by atoms with Crippen molar-refractivity contribution in [2.24, 2.45) is 0 Å². The van der Waals surface area contributed by atoms with Crippen molar-refractivity contribution in [2.75, 3.05) is 18.0 Å². The molecule has 0 fully saturated rings. The molecule has 0 spiro atoms. The van der Waals surface area contributed by atoms with E-state index >= 15 is 4.39 Å². The molecule has 0 aliphatic heterocycles. The zero-order chi connectivity index (χ0) is 38.6. The highest BCUT2D eigenvalue weighted by atomic mass is 32.2. The Hall–Kier alpha value is -3.03. The topological polar surface area (TPSA) is 64.3 Å². The van der Waals surface area contributed by atoms with Crippen LogP contribution in [-0.2, 0) is 16.7 Å². The van der Waals surface area contributed by atoms with Crippen LogP contribution in [0.15, 0.2) is 71.9 Å². The lowest BCUT2D eigenvalue weighted by Gasteiger charge is -2.25. The third-order valence-corrected chi connectivity index (χ3v) is 10.8. The van der Waals surface area contributed by atoms with Crippen LogP contribution in [0.1, 0.15) is 166 Å². The molecule has 2 aromatic carbocycles. The second-order valence-electron chi connectivity index (χ2n) is 14.6. The number of anilines is 1. The first-order chi connectivity index (χ1) is 25.7. The molecule has 3 aromatic rings. The summed E-state index contributed by atoms with van der Waals surface area (Å²) >= 11 is 0. The largest absolute Gasteiger partial charge is 0.744 e. The van der Waals surface area contributed by atoms with Gasteiger partial charge in [-0.1, -0.05) is 159 Å². The van der Waals surface area contributed by atoms with Crippen LogP contribution in [0, 0.1) is 12.7 Å². The van der Waals surface area contributed by atoms with Crippen LogP contribution < -0.4 is 9.47 Å². The molecular formula is C46H71FN2O3S. The van der Waals surface area contributed by atoms with Gasteiger partial charge in [0.05, 0.1) is 4.90 Å². The first kappa shape index (κ1) is 46.1. The molecule has 0 unspecified atom stereocenters. The lowest BCUT2D eigenvalue weighted by Crippen LogP contribution is -2.30. The molecule has 0 saturated heterocycles. The second-order valence-corrected chi connectivity index (χ2v) is 16.0. The highest BCUT2D eigenvalue weighted by Gasteiger charge is 2.10. The average Bonchev–Trinajstić information content (AvgIpc) is 3.15. The van der Waals surface area contributed by atoms with E-state index < -0.39 is 10.1 Å². The van der Waals surface area contributed by atoms with Crippen molar-refractivity contribution < 1.29 is 21.9 Å². The van der Waals surface area contributed by atoms with E-state index in [1.54, 1.807) is 18.2 Å². The number of benzene rings is 2. The molecule has 5 nitrogen and oxygen atoms in total. The number of halogens is 1. The van der Waals surface area contributed by atoms with E-state index in [0.717, 1.165) is 36.4 Å². The number of hydrogen-bond donors (Lipinski definition) is 0. The van der Waals surface area contributed by atoms with E-state index in [1.165, 1.54) is 141 Å². The molecule has 0 radical (unpaired) electrons. The van der Waals surface area contributed by atoms with Gasteiger partial charge in [-0.15, -0.1) is 0 Å². The van der Waals surface area contributed by atoms with Crippen molar-refractivity contribution in [3.63, 3.8) is 0 Å². The molecule has 0 bridgehead atoms. The van der Waals surface area contributed by atoms with Gasteiger partial charge in [-0.3, -0.25) is 0 Å². The summed E-state index contributed by atoms with van der Waals surface area (Å²) in [7, 11) is -4.27. The SMILES string of the molecule is CCCCCCCCCCCCN(CCCCCCCCCCCC)c1ccc(C=Cc2cc[n+](CC)cc2)c(F)c1.Cc1ccc(S(=O)(=O)[O-])cc1.